The highest BCUT2D eigenvalue weighted by atomic mass is 32.2. The van der Waals surface area contributed by atoms with Crippen molar-refractivity contribution in [2.75, 3.05) is 43.8 Å². The van der Waals surface area contributed by atoms with E-state index in [1.54, 1.807) is 17.8 Å². The van der Waals surface area contributed by atoms with E-state index in [2.05, 4.69) is 10.6 Å². The zero-order valence-corrected chi connectivity index (χ0v) is 16.0. The first-order valence-electron chi connectivity index (χ1n) is 9.48. The molecule has 1 unspecified atom stereocenters. The van der Waals surface area contributed by atoms with E-state index < -0.39 is 0 Å². The molecule has 1 atom stereocenters. The summed E-state index contributed by atoms with van der Waals surface area (Å²) in [7, 11) is 0. The highest BCUT2D eigenvalue weighted by Gasteiger charge is 2.32. The number of benzene rings is 1. The highest BCUT2D eigenvalue weighted by Crippen LogP contribution is 2.32. The average Bonchev–Trinajstić information content (AvgIpc) is 2.87. The number of likely N-dealkylation sites (tertiary alicyclic amines) is 1. The average molecular weight is 388 g/mol. The van der Waals surface area contributed by atoms with Crippen molar-refractivity contribution in [2.45, 2.75) is 30.2 Å². The van der Waals surface area contributed by atoms with Crippen LogP contribution in [-0.4, -0.2) is 72.0 Å². The van der Waals surface area contributed by atoms with Gasteiger partial charge in [-0.15, -0.1) is 11.8 Å². The van der Waals surface area contributed by atoms with E-state index in [0.29, 0.717) is 38.2 Å². The first-order valence-corrected chi connectivity index (χ1v) is 10.5. The van der Waals surface area contributed by atoms with Crippen LogP contribution in [0.15, 0.2) is 23.1 Å². The molecule has 1 aromatic rings. The molecule has 3 heterocycles. The van der Waals surface area contributed by atoms with Gasteiger partial charge in [0.25, 0.3) is 5.91 Å². The van der Waals surface area contributed by atoms with E-state index in [9.17, 15) is 14.4 Å². The third kappa shape index (κ3) is 3.96. The monoisotopic (exact) mass is 388 g/mol. The van der Waals surface area contributed by atoms with E-state index in [0.717, 1.165) is 35.7 Å². The molecule has 7 nitrogen and oxygen atoms in total. The summed E-state index contributed by atoms with van der Waals surface area (Å²) >= 11 is 1.63. The quantitative estimate of drug-likeness (QED) is 0.795. The number of thioether (sulfide) groups is 1. The van der Waals surface area contributed by atoms with Gasteiger partial charge in [-0.3, -0.25) is 14.4 Å². The maximum Gasteiger partial charge on any atom is 0.254 e. The third-order valence-electron chi connectivity index (χ3n) is 5.34. The molecule has 3 aliphatic rings. The number of carbonyl (C=O) groups excluding carboxylic acids is 3. The minimum Gasteiger partial charge on any atom is -0.337 e. The molecular weight excluding hydrogens is 364 g/mol. The number of nitrogens with zero attached hydrogens (tertiary/aromatic N) is 2. The molecule has 27 heavy (non-hydrogen) atoms. The van der Waals surface area contributed by atoms with Gasteiger partial charge in [0.15, 0.2) is 0 Å². The largest absolute Gasteiger partial charge is 0.337 e. The maximum atomic E-state index is 13.1. The van der Waals surface area contributed by atoms with Gasteiger partial charge >= 0.3 is 0 Å². The van der Waals surface area contributed by atoms with Crippen molar-refractivity contribution in [3.05, 3.63) is 23.8 Å². The normalized spacial score (nSPS) is 23.5. The SMILES string of the molecule is O=C1CCSc2ccc(C(=O)N3CCCC(N4CCNCC4=O)C3)cc2N1. The molecule has 0 spiro atoms. The third-order valence-corrected chi connectivity index (χ3v) is 6.41. The van der Waals surface area contributed by atoms with Gasteiger partial charge in [-0.1, -0.05) is 0 Å². The summed E-state index contributed by atoms with van der Waals surface area (Å²) in [5.74, 6) is 0.818. The molecule has 0 aliphatic carbocycles. The molecule has 0 radical (unpaired) electrons. The summed E-state index contributed by atoms with van der Waals surface area (Å²) in [6.45, 7) is 3.16. The zero-order chi connectivity index (χ0) is 18.8. The lowest BCUT2D eigenvalue weighted by atomic mass is 10.0. The number of piperidine rings is 1. The summed E-state index contributed by atoms with van der Waals surface area (Å²) in [6, 6.07) is 5.63. The Hall–Kier alpha value is -2.06. The Bertz CT molecular complexity index is 769. The number of fused-ring (bicyclic) bond motifs is 1. The molecule has 2 fully saturated rings. The molecule has 8 heteroatoms. The molecule has 3 aliphatic heterocycles. The Kier molecular flexibility index (Phi) is 5.36. The first kappa shape index (κ1) is 18.3. The second-order valence-corrected chi connectivity index (χ2v) is 8.31. The Balaban J connectivity index is 1.49. The van der Waals surface area contributed by atoms with Crippen molar-refractivity contribution in [2.24, 2.45) is 0 Å². The molecule has 0 bridgehead atoms. The van der Waals surface area contributed by atoms with Crippen LogP contribution in [0.3, 0.4) is 0 Å². The van der Waals surface area contributed by atoms with E-state index in [-0.39, 0.29) is 23.8 Å². The number of amides is 3. The van der Waals surface area contributed by atoms with Gasteiger partial charge in [0.1, 0.15) is 0 Å². The van der Waals surface area contributed by atoms with Crippen molar-refractivity contribution in [1.29, 1.82) is 0 Å². The van der Waals surface area contributed by atoms with E-state index in [4.69, 9.17) is 0 Å². The molecule has 3 amide bonds. The number of rotatable bonds is 2. The molecule has 2 N–H and O–H groups in total. The Morgan fingerprint density at radius 2 is 2.11 bits per heavy atom. The predicted octanol–water partition coefficient (Wildman–Crippen LogP) is 1.16. The molecular formula is C19H24N4O3S. The number of nitrogens with one attached hydrogen (secondary N) is 2. The van der Waals surface area contributed by atoms with Gasteiger partial charge in [-0.25, -0.2) is 0 Å². The van der Waals surface area contributed by atoms with Gasteiger partial charge in [0, 0.05) is 54.9 Å². The fraction of sp³-hybridized carbons (Fsp3) is 0.526. The Labute approximate surface area is 162 Å². The summed E-state index contributed by atoms with van der Waals surface area (Å²) in [5.41, 5.74) is 1.31. The summed E-state index contributed by atoms with van der Waals surface area (Å²) < 4.78 is 0. The van der Waals surface area contributed by atoms with Gasteiger partial charge in [-0.2, -0.15) is 0 Å². The number of hydrogen-bond donors (Lipinski definition) is 2. The van der Waals surface area contributed by atoms with Crippen LogP contribution < -0.4 is 10.6 Å². The summed E-state index contributed by atoms with van der Waals surface area (Å²) in [5, 5.41) is 5.99. The van der Waals surface area contributed by atoms with Gasteiger partial charge in [0.2, 0.25) is 11.8 Å². The smallest absolute Gasteiger partial charge is 0.254 e. The molecule has 144 valence electrons. The van der Waals surface area contributed by atoms with E-state index >= 15 is 0 Å². The fourth-order valence-corrected chi connectivity index (χ4v) is 4.87. The van der Waals surface area contributed by atoms with Crippen LogP contribution in [0, 0.1) is 0 Å². The van der Waals surface area contributed by atoms with Crippen LogP contribution in [-0.2, 0) is 9.59 Å². The lowest BCUT2D eigenvalue weighted by Gasteiger charge is -2.41. The number of anilines is 1. The van der Waals surface area contributed by atoms with E-state index in [1.165, 1.54) is 0 Å². The minimum atomic E-state index is -0.0337. The van der Waals surface area contributed by atoms with Crippen LogP contribution in [0.4, 0.5) is 5.69 Å². The first-order chi connectivity index (χ1) is 13.1. The highest BCUT2D eigenvalue weighted by molar-refractivity contribution is 7.99. The summed E-state index contributed by atoms with van der Waals surface area (Å²) in [6.07, 6.45) is 2.31. The Morgan fingerprint density at radius 3 is 2.96 bits per heavy atom. The van der Waals surface area contributed by atoms with E-state index in [1.807, 2.05) is 21.9 Å². The molecule has 0 aromatic heterocycles. The van der Waals surface area contributed by atoms with Crippen molar-refractivity contribution < 1.29 is 14.4 Å². The second kappa shape index (κ2) is 7.90. The van der Waals surface area contributed by atoms with Gasteiger partial charge < -0.3 is 20.4 Å². The van der Waals surface area contributed by atoms with Crippen molar-refractivity contribution in [1.82, 2.24) is 15.1 Å². The van der Waals surface area contributed by atoms with Crippen molar-refractivity contribution in [3.63, 3.8) is 0 Å². The number of hydrogen-bond acceptors (Lipinski definition) is 5. The van der Waals surface area contributed by atoms with Crippen molar-refractivity contribution >= 4 is 35.2 Å². The van der Waals surface area contributed by atoms with Crippen LogP contribution >= 0.6 is 11.8 Å². The van der Waals surface area contributed by atoms with Crippen LogP contribution in [0.5, 0.6) is 0 Å². The number of piperazine rings is 1. The van der Waals surface area contributed by atoms with Gasteiger partial charge in [-0.05, 0) is 31.0 Å². The fourth-order valence-electron chi connectivity index (χ4n) is 3.94. The maximum absolute atomic E-state index is 13.1. The molecule has 0 saturated carbocycles. The minimum absolute atomic E-state index is 0.0129. The van der Waals surface area contributed by atoms with Gasteiger partial charge in [0.05, 0.1) is 12.2 Å². The van der Waals surface area contributed by atoms with Crippen LogP contribution in [0.2, 0.25) is 0 Å². The van der Waals surface area contributed by atoms with Crippen LogP contribution in [0.1, 0.15) is 29.6 Å². The molecule has 1 aromatic carbocycles. The molecule has 2 saturated heterocycles. The van der Waals surface area contributed by atoms with Crippen molar-refractivity contribution in [3.8, 4) is 0 Å². The lowest BCUT2D eigenvalue weighted by Crippen LogP contribution is -2.57. The predicted molar refractivity (Wildman–Crippen MR) is 104 cm³/mol. The Morgan fingerprint density at radius 1 is 1.22 bits per heavy atom. The lowest BCUT2D eigenvalue weighted by molar-refractivity contribution is -0.135. The zero-order valence-electron chi connectivity index (χ0n) is 15.2. The second-order valence-electron chi connectivity index (χ2n) is 7.17. The molecule has 4 rings (SSSR count). The standard InChI is InChI=1S/C19H24N4O3S/c24-17-5-9-27-16-4-3-13(10-15(16)21-17)19(26)22-7-1-2-14(12-22)23-8-6-20-11-18(23)25/h3-4,10,14,20H,1-2,5-9,11-12H2,(H,21,24). The topological polar surface area (TPSA) is 81.8 Å². The summed E-state index contributed by atoms with van der Waals surface area (Å²) in [4.78, 5) is 41.8. The number of carbonyl (C=O) groups is 3. The van der Waals surface area contributed by atoms with Crippen LogP contribution in [0.25, 0.3) is 0 Å².